The molecule has 1 heterocycles. The minimum Gasteiger partial charge on any atom is -0.495 e. The summed E-state index contributed by atoms with van der Waals surface area (Å²) in [6, 6.07) is 13.7. The molecule has 1 N–H and O–H groups in total. The number of nitrogens with zero attached hydrogens (tertiary/aromatic N) is 2. The van der Waals surface area contributed by atoms with Gasteiger partial charge in [0, 0.05) is 31.2 Å². The summed E-state index contributed by atoms with van der Waals surface area (Å²) in [6.45, 7) is 3.48. The van der Waals surface area contributed by atoms with Gasteiger partial charge in [0.25, 0.3) is 0 Å². The maximum Gasteiger partial charge on any atom is 0.241 e. The lowest BCUT2D eigenvalue weighted by Gasteiger charge is -2.36. The van der Waals surface area contributed by atoms with Gasteiger partial charge < -0.3 is 10.1 Å². The van der Waals surface area contributed by atoms with E-state index < -0.39 is 16.1 Å². The third-order valence-corrected chi connectivity index (χ3v) is 7.29. The van der Waals surface area contributed by atoms with Crippen molar-refractivity contribution in [3.05, 3.63) is 59.1 Å². The molecule has 162 valence electrons. The number of ether oxygens (including phenoxy) is 1. The summed E-state index contributed by atoms with van der Waals surface area (Å²) >= 11 is 6.02. The van der Waals surface area contributed by atoms with Crippen LogP contribution in [0.1, 0.15) is 12.5 Å². The number of hydrogen-bond acceptors (Lipinski definition) is 5. The Morgan fingerprint density at radius 3 is 2.43 bits per heavy atom. The van der Waals surface area contributed by atoms with Gasteiger partial charge in [0.1, 0.15) is 5.75 Å². The van der Waals surface area contributed by atoms with Crippen LogP contribution in [0.2, 0.25) is 5.02 Å². The lowest BCUT2D eigenvalue weighted by Crippen LogP contribution is -2.54. The van der Waals surface area contributed by atoms with E-state index in [1.807, 2.05) is 35.2 Å². The topological polar surface area (TPSA) is 79.0 Å². The van der Waals surface area contributed by atoms with Gasteiger partial charge in [-0.2, -0.15) is 4.31 Å². The van der Waals surface area contributed by atoms with E-state index >= 15 is 0 Å². The second-order valence-electron chi connectivity index (χ2n) is 7.19. The summed E-state index contributed by atoms with van der Waals surface area (Å²) in [5.41, 5.74) is 1.27. The molecule has 9 heteroatoms. The summed E-state index contributed by atoms with van der Waals surface area (Å²) in [7, 11) is -1.87. The van der Waals surface area contributed by atoms with Crippen LogP contribution in [0.25, 0.3) is 0 Å². The fourth-order valence-corrected chi connectivity index (χ4v) is 5.11. The van der Waals surface area contributed by atoms with Crippen molar-refractivity contribution in [1.82, 2.24) is 9.21 Å². The van der Waals surface area contributed by atoms with E-state index in [2.05, 4.69) is 5.32 Å². The van der Waals surface area contributed by atoms with Gasteiger partial charge in [0.15, 0.2) is 0 Å². The SMILES string of the molecule is COc1ccc(Cl)cc1NC(=O)C(C)N1CCN(S(=O)(=O)Cc2ccccc2)CC1. The van der Waals surface area contributed by atoms with Gasteiger partial charge in [-0.1, -0.05) is 41.9 Å². The van der Waals surface area contributed by atoms with Crippen LogP contribution in [0.5, 0.6) is 5.75 Å². The lowest BCUT2D eigenvalue weighted by molar-refractivity contribution is -0.121. The van der Waals surface area contributed by atoms with E-state index in [0.29, 0.717) is 42.6 Å². The molecule has 7 nitrogen and oxygen atoms in total. The molecule has 1 aliphatic rings. The molecule has 0 saturated carbocycles. The quantitative estimate of drug-likeness (QED) is 0.700. The Balaban J connectivity index is 1.58. The van der Waals surface area contributed by atoms with Crippen molar-refractivity contribution in [3.8, 4) is 5.75 Å². The van der Waals surface area contributed by atoms with Crippen molar-refractivity contribution in [2.24, 2.45) is 0 Å². The number of nitrogens with one attached hydrogen (secondary N) is 1. The van der Waals surface area contributed by atoms with Crippen LogP contribution < -0.4 is 10.1 Å². The van der Waals surface area contributed by atoms with Crippen LogP contribution in [-0.2, 0) is 20.6 Å². The van der Waals surface area contributed by atoms with Crippen LogP contribution >= 0.6 is 11.6 Å². The van der Waals surface area contributed by atoms with Gasteiger partial charge in [-0.15, -0.1) is 0 Å². The summed E-state index contributed by atoms with van der Waals surface area (Å²) in [5, 5.41) is 3.35. The van der Waals surface area contributed by atoms with Gasteiger partial charge in [0.05, 0.1) is 24.6 Å². The minimum absolute atomic E-state index is 0.0154. The zero-order valence-electron chi connectivity index (χ0n) is 17.0. The highest BCUT2D eigenvalue weighted by molar-refractivity contribution is 7.88. The minimum atomic E-state index is -3.39. The first kappa shape index (κ1) is 22.6. The normalized spacial score (nSPS) is 16.8. The second kappa shape index (κ2) is 9.78. The highest BCUT2D eigenvalue weighted by Gasteiger charge is 2.31. The maximum absolute atomic E-state index is 12.7. The fourth-order valence-electron chi connectivity index (χ4n) is 3.43. The third-order valence-electron chi connectivity index (χ3n) is 5.21. The number of carbonyl (C=O) groups excluding carboxylic acids is 1. The molecule has 0 bridgehead atoms. The summed E-state index contributed by atoms with van der Waals surface area (Å²) < 4.78 is 32.2. The van der Waals surface area contributed by atoms with Crippen molar-refractivity contribution >= 4 is 33.2 Å². The van der Waals surface area contributed by atoms with Gasteiger partial charge in [-0.3, -0.25) is 9.69 Å². The van der Waals surface area contributed by atoms with Crippen molar-refractivity contribution in [2.45, 2.75) is 18.7 Å². The Hall–Kier alpha value is -2.13. The van der Waals surface area contributed by atoms with Gasteiger partial charge in [0.2, 0.25) is 15.9 Å². The highest BCUT2D eigenvalue weighted by Crippen LogP contribution is 2.28. The van der Waals surface area contributed by atoms with E-state index in [1.54, 1.807) is 25.1 Å². The predicted octanol–water partition coefficient (Wildman–Crippen LogP) is 2.82. The number of methoxy groups -OCH3 is 1. The fraction of sp³-hybridized carbons (Fsp3) is 0.381. The molecule has 0 radical (unpaired) electrons. The first-order valence-electron chi connectivity index (χ1n) is 9.70. The predicted molar refractivity (Wildman–Crippen MR) is 118 cm³/mol. The molecule has 2 aromatic carbocycles. The number of amides is 1. The molecule has 1 unspecified atom stereocenters. The molecular weight excluding hydrogens is 426 g/mol. The summed E-state index contributed by atoms with van der Waals surface area (Å²) in [5.74, 6) is 0.311. The lowest BCUT2D eigenvalue weighted by atomic mass is 10.2. The largest absolute Gasteiger partial charge is 0.495 e. The van der Waals surface area contributed by atoms with Gasteiger partial charge >= 0.3 is 0 Å². The number of rotatable bonds is 7. The number of halogens is 1. The second-order valence-corrected chi connectivity index (χ2v) is 9.59. The van der Waals surface area contributed by atoms with Crippen molar-refractivity contribution in [3.63, 3.8) is 0 Å². The molecule has 1 amide bonds. The molecule has 3 rings (SSSR count). The van der Waals surface area contributed by atoms with E-state index in [1.165, 1.54) is 11.4 Å². The van der Waals surface area contributed by atoms with Crippen LogP contribution in [0, 0.1) is 0 Å². The number of hydrogen-bond donors (Lipinski definition) is 1. The Kier molecular flexibility index (Phi) is 7.36. The maximum atomic E-state index is 12.7. The number of sulfonamides is 1. The van der Waals surface area contributed by atoms with Crippen molar-refractivity contribution in [1.29, 1.82) is 0 Å². The van der Waals surface area contributed by atoms with E-state index in [4.69, 9.17) is 16.3 Å². The number of piperazine rings is 1. The molecule has 0 aliphatic carbocycles. The summed E-state index contributed by atoms with van der Waals surface area (Å²) in [4.78, 5) is 14.7. The smallest absolute Gasteiger partial charge is 0.241 e. The zero-order chi connectivity index (χ0) is 21.7. The number of anilines is 1. The molecule has 0 spiro atoms. The molecule has 1 saturated heterocycles. The average molecular weight is 452 g/mol. The Morgan fingerprint density at radius 2 is 1.80 bits per heavy atom. The van der Waals surface area contributed by atoms with E-state index in [0.717, 1.165) is 5.56 Å². The Bertz CT molecular complexity index is 977. The molecular formula is C21H26ClN3O4S. The summed E-state index contributed by atoms with van der Waals surface area (Å²) in [6.07, 6.45) is 0. The standard InChI is InChI=1S/C21H26ClN3O4S/c1-16(21(26)23-19-14-18(22)8-9-20(19)29-2)24-10-12-25(13-11-24)30(27,28)15-17-6-4-3-5-7-17/h3-9,14,16H,10-13,15H2,1-2H3,(H,23,26). The zero-order valence-corrected chi connectivity index (χ0v) is 18.6. The first-order valence-corrected chi connectivity index (χ1v) is 11.7. The third kappa shape index (κ3) is 5.51. The Morgan fingerprint density at radius 1 is 1.13 bits per heavy atom. The first-order chi connectivity index (χ1) is 14.3. The average Bonchev–Trinajstić information content (AvgIpc) is 2.74. The number of benzene rings is 2. The van der Waals surface area contributed by atoms with Gasteiger partial charge in [-0.25, -0.2) is 8.42 Å². The van der Waals surface area contributed by atoms with Gasteiger partial charge in [-0.05, 0) is 30.7 Å². The highest BCUT2D eigenvalue weighted by atomic mass is 35.5. The van der Waals surface area contributed by atoms with E-state index in [9.17, 15) is 13.2 Å². The molecule has 30 heavy (non-hydrogen) atoms. The van der Waals surface area contributed by atoms with Crippen LogP contribution in [0.4, 0.5) is 5.69 Å². The molecule has 1 fully saturated rings. The van der Waals surface area contributed by atoms with E-state index in [-0.39, 0.29) is 11.7 Å². The molecule has 2 aromatic rings. The molecule has 1 aliphatic heterocycles. The number of carbonyl (C=O) groups is 1. The van der Waals surface area contributed by atoms with Crippen LogP contribution in [0.15, 0.2) is 48.5 Å². The monoisotopic (exact) mass is 451 g/mol. The Labute approximate surface area is 182 Å². The van der Waals surface area contributed by atoms with Crippen LogP contribution in [0.3, 0.4) is 0 Å². The molecule has 1 atom stereocenters. The van der Waals surface area contributed by atoms with Crippen LogP contribution in [-0.4, -0.2) is 62.9 Å². The van der Waals surface area contributed by atoms with Crippen molar-refractivity contribution in [2.75, 3.05) is 38.6 Å². The molecule has 0 aromatic heterocycles. The van der Waals surface area contributed by atoms with Crippen molar-refractivity contribution < 1.29 is 17.9 Å².